The third-order valence-electron chi connectivity index (χ3n) is 11.3. The van der Waals surface area contributed by atoms with Crippen LogP contribution in [0.4, 0.5) is 0 Å². The summed E-state index contributed by atoms with van der Waals surface area (Å²) in [7, 11) is 0. The van der Waals surface area contributed by atoms with Crippen molar-refractivity contribution in [2.24, 2.45) is 23.3 Å². The van der Waals surface area contributed by atoms with Gasteiger partial charge in [-0.3, -0.25) is 53.3 Å². The number of carboxylic acid groups (broad SMARTS) is 2. The maximum absolute atomic E-state index is 14.0. The topological polar surface area (TPSA) is 363 Å². The number of rotatable bonds is 35. The van der Waals surface area contributed by atoms with Gasteiger partial charge in [-0.05, 0) is 73.8 Å². The first-order chi connectivity index (χ1) is 30.9. The average molecular weight is 940 g/mol. The lowest BCUT2D eigenvalue weighted by atomic mass is 9.84. The van der Waals surface area contributed by atoms with Gasteiger partial charge in [0.1, 0.15) is 0 Å². The fraction of sp³-hybridized carbons (Fsp3) is 0.767. The third-order valence-corrected chi connectivity index (χ3v) is 11.3. The lowest BCUT2D eigenvalue weighted by molar-refractivity contribution is -0.143. The van der Waals surface area contributed by atoms with Crippen molar-refractivity contribution in [3.8, 4) is 0 Å². The zero-order valence-corrected chi connectivity index (χ0v) is 39.8. The highest BCUT2D eigenvalue weighted by Crippen LogP contribution is 2.24. The quantitative estimate of drug-likeness (QED) is 0.0280. The highest BCUT2D eigenvalue weighted by Gasteiger charge is 2.43. The van der Waals surface area contributed by atoms with Crippen LogP contribution in [0.25, 0.3) is 0 Å². The van der Waals surface area contributed by atoms with E-state index in [1.807, 2.05) is 6.92 Å². The maximum atomic E-state index is 14.0. The summed E-state index contributed by atoms with van der Waals surface area (Å²) in [4.78, 5) is 130. The molecule has 0 aromatic heterocycles. The summed E-state index contributed by atoms with van der Waals surface area (Å²) >= 11 is 0. The molecule has 6 atom stereocenters. The molecule has 14 N–H and O–H groups in total. The molecule has 23 heteroatoms. The molecular weight excluding hydrogens is 863 g/mol. The molecule has 1 heterocycles. The highest BCUT2D eigenvalue weighted by molar-refractivity contribution is 5.96. The minimum Gasteiger partial charge on any atom is -0.481 e. The zero-order valence-electron chi connectivity index (χ0n) is 39.8. The van der Waals surface area contributed by atoms with Crippen molar-refractivity contribution >= 4 is 58.8 Å². The Morgan fingerprint density at radius 2 is 1.26 bits per heavy atom. The number of Topliss-reactive ketones (excluding diaryl/α,β-unsaturated/α-hetero) is 3. The number of carbonyl (C=O) groups is 10. The Morgan fingerprint density at radius 3 is 1.79 bits per heavy atom. The number of likely N-dealkylation sites (tertiary alicyclic amines) is 1. The van der Waals surface area contributed by atoms with Gasteiger partial charge in [-0.2, -0.15) is 0 Å². The van der Waals surface area contributed by atoms with E-state index in [4.69, 9.17) is 16.6 Å². The fourth-order valence-corrected chi connectivity index (χ4v) is 7.55. The van der Waals surface area contributed by atoms with E-state index in [0.717, 1.165) is 0 Å². The minimum absolute atomic E-state index is 0.0144. The number of carbonyl (C=O) groups excluding carboxylic acids is 8. The normalized spacial score (nSPS) is 16.3. The van der Waals surface area contributed by atoms with Crippen molar-refractivity contribution in [3.05, 3.63) is 0 Å². The van der Waals surface area contributed by atoms with Gasteiger partial charge in [-0.25, -0.2) is 0 Å². The van der Waals surface area contributed by atoms with Gasteiger partial charge in [0, 0.05) is 84.6 Å². The van der Waals surface area contributed by atoms with Gasteiger partial charge < -0.3 is 63.8 Å². The van der Waals surface area contributed by atoms with Crippen LogP contribution in [-0.2, 0) is 47.9 Å². The second-order valence-electron chi connectivity index (χ2n) is 17.6. The number of aliphatic carboxylic acids is 2. The van der Waals surface area contributed by atoms with E-state index in [-0.39, 0.29) is 77.3 Å². The molecule has 23 nitrogen and oxygen atoms in total. The second-order valence-corrected chi connectivity index (χ2v) is 17.6. The SMILES string of the molecule is CCNCCNC(=O)CC(C(=O)NCCN)C(CC(=O)NCCNC(C)(C)C(=O)C(CCC(=O)O)NC(C)(C)C(=O)N1CCCC1C(C)=O)C(=O)NCCNC(C)C(=O)C(N)CCC(=O)O. The number of nitrogens with zero attached hydrogens (tertiary/aromatic N) is 1. The van der Waals surface area contributed by atoms with Crippen molar-refractivity contribution in [2.45, 2.75) is 135 Å². The number of hydrogen-bond acceptors (Lipinski definition) is 16. The first-order valence-corrected chi connectivity index (χ1v) is 22.7. The summed E-state index contributed by atoms with van der Waals surface area (Å²) in [5.41, 5.74) is 8.80. The van der Waals surface area contributed by atoms with Crippen LogP contribution in [0, 0.1) is 11.8 Å². The molecule has 376 valence electrons. The zero-order chi connectivity index (χ0) is 50.2. The van der Waals surface area contributed by atoms with Crippen molar-refractivity contribution in [1.29, 1.82) is 0 Å². The van der Waals surface area contributed by atoms with Crippen molar-refractivity contribution in [1.82, 2.24) is 47.4 Å². The summed E-state index contributed by atoms with van der Waals surface area (Å²) in [6.45, 7) is 12.9. The molecule has 1 aliphatic rings. The van der Waals surface area contributed by atoms with Crippen LogP contribution in [0.1, 0.15) is 99.8 Å². The molecule has 0 aromatic rings. The number of hydrogen-bond donors (Lipinski definition) is 12. The Bertz CT molecular complexity index is 1680. The van der Waals surface area contributed by atoms with E-state index in [1.54, 1.807) is 27.7 Å². The fourth-order valence-electron chi connectivity index (χ4n) is 7.55. The van der Waals surface area contributed by atoms with Gasteiger partial charge in [0.15, 0.2) is 17.3 Å². The maximum Gasteiger partial charge on any atom is 0.303 e. The van der Waals surface area contributed by atoms with Gasteiger partial charge in [0.25, 0.3) is 0 Å². The predicted molar refractivity (Wildman–Crippen MR) is 244 cm³/mol. The number of carboxylic acids is 2. The third kappa shape index (κ3) is 21.1. The van der Waals surface area contributed by atoms with E-state index in [2.05, 4.69) is 42.5 Å². The summed E-state index contributed by atoms with van der Waals surface area (Å²) in [5.74, 6) is -8.96. The summed E-state index contributed by atoms with van der Waals surface area (Å²) in [6, 6.07) is -3.49. The first-order valence-electron chi connectivity index (χ1n) is 22.7. The molecule has 0 aromatic carbocycles. The summed E-state index contributed by atoms with van der Waals surface area (Å²) in [6.07, 6.45) is -0.669. The smallest absolute Gasteiger partial charge is 0.303 e. The Hall–Kier alpha value is -4.94. The number of ketones is 3. The molecule has 0 saturated carbocycles. The van der Waals surface area contributed by atoms with E-state index in [0.29, 0.717) is 32.5 Å². The standard InChI is InChI=1S/C43H77N11O12/c1-8-46-17-18-48-33(56)24-28(39(64)50-16-15-44)29(40(65)51-20-19-47-26(2)37(62)30(45)11-13-35(58)59)25-34(57)49-21-22-52-42(4,5)38(63)31(12-14-36(60)61)53-43(6,7)41(66)54-23-9-10-32(54)27(3)55/h26,28-32,46-47,52-53H,8-25,44-45H2,1-7H3,(H,48,56)(H,49,57)(H,50,64)(H,51,65)(H,58,59)(H,60,61). The summed E-state index contributed by atoms with van der Waals surface area (Å²) in [5, 5.41) is 41.1. The molecule has 0 bridgehead atoms. The van der Waals surface area contributed by atoms with Gasteiger partial charge in [0.2, 0.25) is 29.5 Å². The molecular formula is C43H77N11O12. The Kier molecular flexibility index (Phi) is 26.5. The monoisotopic (exact) mass is 940 g/mol. The molecule has 66 heavy (non-hydrogen) atoms. The molecule has 1 fully saturated rings. The lowest BCUT2D eigenvalue weighted by Gasteiger charge is -2.37. The molecule has 1 aliphatic heterocycles. The van der Waals surface area contributed by atoms with Crippen molar-refractivity contribution in [2.75, 3.05) is 65.4 Å². The summed E-state index contributed by atoms with van der Waals surface area (Å²) < 4.78 is 0. The first kappa shape index (κ1) is 59.1. The Balaban J connectivity index is 3.17. The number of amides is 5. The second kappa shape index (κ2) is 29.6. The van der Waals surface area contributed by atoms with E-state index in [1.165, 1.54) is 18.7 Å². The minimum atomic E-state index is -1.37. The lowest BCUT2D eigenvalue weighted by Crippen LogP contribution is -2.63. The molecule has 0 radical (unpaired) electrons. The molecule has 1 saturated heterocycles. The van der Waals surface area contributed by atoms with Crippen LogP contribution in [-0.4, -0.2) is 175 Å². The molecule has 5 amide bonds. The van der Waals surface area contributed by atoms with Gasteiger partial charge in [-0.15, -0.1) is 0 Å². The van der Waals surface area contributed by atoms with Crippen LogP contribution >= 0.6 is 0 Å². The largest absolute Gasteiger partial charge is 0.481 e. The van der Waals surface area contributed by atoms with Crippen LogP contribution in [0.3, 0.4) is 0 Å². The predicted octanol–water partition coefficient (Wildman–Crippen LogP) is -3.11. The average Bonchev–Trinajstić information content (AvgIpc) is 3.76. The number of nitrogens with two attached hydrogens (primary N) is 2. The van der Waals surface area contributed by atoms with E-state index >= 15 is 0 Å². The van der Waals surface area contributed by atoms with Crippen LogP contribution in [0.15, 0.2) is 0 Å². The van der Waals surface area contributed by atoms with Crippen molar-refractivity contribution in [3.63, 3.8) is 0 Å². The Labute approximate surface area is 387 Å². The van der Waals surface area contributed by atoms with Gasteiger partial charge in [-0.1, -0.05) is 6.92 Å². The molecule has 1 rings (SSSR count). The molecule has 0 spiro atoms. The van der Waals surface area contributed by atoms with Gasteiger partial charge >= 0.3 is 11.9 Å². The van der Waals surface area contributed by atoms with Crippen LogP contribution in [0.5, 0.6) is 0 Å². The molecule has 0 aliphatic carbocycles. The van der Waals surface area contributed by atoms with Crippen LogP contribution < -0.4 is 54.0 Å². The Morgan fingerprint density at radius 1 is 0.727 bits per heavy atom. The van der Waals surface area contributed by atoms with E-state index < -0.39 is 113 Å². The van der Waals surface area contributed by atoms with Crippen LogP contribution in [0.2, 0.25) is 0 Å². The van der Waals surface area contributed by atoms with Gasteiger partial charge in [0.05, 0.1) is 47.1 Å². The highest BCUT2D eigenvalue weighted by atomic mass is 16.4. The van der Waals surface area contributed by atoms with Crippen molar-refractivity contribution < 1.29 is 58.2 Å². The number of nitrogens with one attached hydrogen (secondary N) is 8. The molecule has 6 unspecified atom stereocenters. The number of likely N-dealkylation sites (N-methyl/N-ethyl adjacent to an activating group) is 1. The van der Waals surface area contributed by atoms with E-state index in [9.17, 15) is 53.1 Å².